The molecule has 0 aliphatic rings. The molecule has 0 aliphatic heterocycles. The Morgan fingerprint density at radius 1 is 1.21 bits per heavy atom. The van der Waals surface area contributed by atoms with E-state index in [0.717, 1.165) is 15.9 Å². The molecule has 0 bridgehead atoms. The van der Waals surface area contributed by atoms with Crippen LogP contribution in [0.15, 0.2) is 42.6 Å². The Hall–Kier alpha value is -2.93. The molecular weight excluding hydrogens is 324 g/mol. The van der Waals surface area contributed by atoms with E-state index in [1.54, 1.807) is 11.5 Å². The Labute approximate surface area is 141 Å². The van der Waals surface area contributed by atoms with Crippen LogP contribution in [0.5, 0.6) is 5.75 Å². The second-order valence-corrected chi connectivity index (χ2v) is 6.29. The van der Waals surface area contributed by atoms with Crippen LogP contribution >= 0.6 is 11.3 Å². The molecule has 3 aromatic heterocycles. The second-order valence-electron chi connectivity index (χ2n) is 5.25. The summed E-state index contributed by atoms with van der Waals surface area (Å²) in [4.78, 5) is 21.6. The lowest BCUT2D eigenvalue weighted by Crippen LogP contribution is -2.15. The zero-order valence-corrected chi connectivity index (χ0v) is 13.9. The van der Waals surface area contributed by atoms with Crippen molar-refractivity contribution in [3.63, 3.8) is 0 Å². The Morgan fingerprint density at radius 2 is 2.08 bits per heavy atom. The summed E-state index contributed by atoms with van der Waals surface area (Å²) in [5.74, 6) is 0.458. The van der Waals surface area contributed by atoms with Crippen molar-refractivity contribution in [3.05, 3.63) is 54.0 Å². The number of aryl methyl sites for hydroxylation is 1. The third kappa shape index (κ3) is 2.30. The molecule has 0 unspecified atom stereocenters. The summed E-state index contributed by atoms with van der Waals surface area (Å²) >= 11 is 1.41. The van der Waals surface area contributed by atoms with Crippen LogP contribution in [0.25, 0.3) is 15.9 Å². The van der Waals surface area contributed by atoms with Crippen LogP contribution in [0.4, 0.5) is 5.13 Å². The number of hydrogen-bond donors (Lipinski definition) is 1. The van der Waals surface area contributed by atoms with Gasteiger partial charge in [-0.1, -0.05) is 23.5 Å². The number of imidazole rings is 1. The number of nitrogens with zero attached hydrogens (tertiary/aromatic N) is 3. The predicted octanol–water partition coefficient (Wildman–Crippen LogP) is 3.51. The number of fused-ring (bicyclic) bond motifs is 2. The minimum atomic E-state index is -0.232. The molecule has 7 heteroatoms. The third-order valence-corrected chi connectivity index (χ3v) is 4.68. The maximum Gasteiger partial charge on any atom is 0.276 e. The fraction of sp³-hybridized carbons (Fsp3) is 0.118. The van der Waals surface area contributed by atoms with Gasteiger partial charge in [-0.2, -0.15) is 0 Å². The predicted molar refractivity (Wildman–Crippen MR) is 94.1 cm³/mol. The number of benzene rings is 1. The molecule has 0 radical (unpaired) electrons. The van der Waals surface area contributed by atoms with Crippen LogP contribution in [-0.4, -0.2) is 27.4 Å². The lowest BCUT2D eigenvalue weighted by molar-refractivity contribution is 0.102. The minimum Gasteiger partial charge on any atom is -0.494 e. The number of thiazole rings is 1. The van der Waals surface area contributed by atoms with Crippen LogP contribution in [0, 0.1) is 6.92 Å². The number of hydrogen-bond acceptors (Lipinski definition) is 5. The summed E-state index contributed by atoms with van der Waals surface area (Å²) in [5.41, 5.74) is 2.68. The highest BCUT2D eigenvalue weighted by molar-refractivity contribution is 7.22. The molecule has 0 atom stereocenters. The first-order valence-electron chi connectivity index (χ1n) is 7.36. The van der Waals surface area contributed by atoms with E-state index in [4.69, 9.17) is 4.74 Å². The highest BCUT2D eigenvalue weighted by Gasteiger charge is 2.18. The van der Waals surface area contributed by atoms with Crippen LogP contribution in [0.3, 0.4) is 0 Å². The smallest absolute Gasteiger partial charge is 0.276 e. The van der Waals surface area contributed by atoms with Crippen molar-refractivity contribution in [2.45, 2.75) is 6.92 Å². The van der Waals surface area contributed by atoms with E-state index in [-0.39, 0.29) is 5.91 Å². The van der Waals surface area contributed by atoms with E-state index in [9.17, 15) is 4.79 Å². The average molecular weight is 338 g/mol. The van der Waals surface area contributed by atoms with Gasteiger partial charge in [-0.25, -0.2) is 9.97 Å². The highest BCUT2D eigenvalue weighted by Crippen LogP contribution is 2.32. The first kappa shape index (κ1) is 14.6. The van der Waals surface area contributed by atoms with E-state index < -0.39 is 0 Å². The van der Waals surface area contributed by atoms with Crippen LogP contribution < -0.4 is 10.1 Å². The molecular formula is C17H14N4O2S. The topological polar surface area (TPSA) is 68.5 Å². The lowest BCUT2D eigenvalue weighted by atomic mass is 10.3. The van der Waals surface area contributed by atoms with Crippen molar-refractivity contribution in [1.29, 1.82) is 0 Å². The summed E-state index contributed by atoms with van der Waals surface area (Å²) in [6.45, 7) is 1.82. The largest absolute Gasteiger partial charge is 0.494 e. The number of anilines is 1. The van der Waals surface area contributed by atoms with Crippen LogP contribution in [0.2, 0.25) is 0 Å². The van der Waals surface area contributed by atoms with Crippen molar-refractivity contribution in [1.82, 2.24) is 14.4 Å². The summed E-state index contributed by atoms with van der Waals surface area (Å²) in [6.07, 6.45) is 1.83. The number of aromatic nitrogens is 3. The number of amides is 1. The van der Waals surface area contributed by atoms with Crippen LogP contribution in [0.1, 0.15) is 16.2 Å². The van der Waals surface area contributed by atoms with E-state index in [2.05, 4.69) is 15.3 Å². The standard InChI is InChI=1S/C17H14N4O2S/c1-10-15(21-9-4-3-8-13(21)18-10)16(22)20-17-19-14-11(23-2)6-5-7-12(14)24-17/h3-9H,1-2H3,(H,19,20,22). The monoisotopic (exact) mass is 338 g/mol. The van der Waals surface area contributed by atoms with Crippen molar-refractivity contribution < 1.29 is 9.53 Å². The van der Waals surface area contributed by atoms with Gasteiger partial charge in [0.1, 0.15) is 22.6 Å². The molecule has 1 aromatic carbocycles. The van der Waals surface area contributed by atoms with Gasteiger partial charge in [0.2, 0.25) is 0 Å². The number of methoxy groups -OCH3 is 1. The number of pyridine rings is 1. The van der Waals surface area contributed by atoms with Gasteiger partial charge in [-0.15, -0.1) is 0 Å². The molecule has 0 spiro atoms. The summed E-state index contributed by atoms with van der Waals surface area (Å²) in [5, 5.41) is 3.40. The summed E-state index contributed by atoms with van der Waals surface area (Å²) in [6, 6.07) is 11.3. The number of carbonyl (C=O) groups excluding carboxylic acids is 1. The molecule has 3 heterocycles. The minimum absolute atomic E-state index is 0.232. The highest BCUT2D eigenvalue weighted by atomic mass is 32.1. The van der Waals surface area contributed by atoms with Gasteiger partial charge in [0.15, 0.2) is 5.13 Å². The normalized spacial score (nSPS) is 11.1. The quantitative estimate of drug-likeness (QED) is 0.621. The fourth-order valence-corrected chi connectivity index (χ4v) is 3.56. The Kier molecular flexibility index (Phi) is 3.42. The maximum absolute atomic E-state index is 12.7. The molecule has 120 valence electrons. The zero-order valence-electron chi connectivity index (χ0n) is 13.1. The number of nitrogens with one attached hydrogen (secondary N) is 1. The molecule has 1 N–H and O–H groups in total. The Bertz CT molecular complexity index is 1070. The first-order chi connectivity index (χ1) is 11.7. The Morgan fingerprint density at radius 3 is 2.92 bits per heavy atom. The number of carbonyl (C=O) groups is 1. The summed E-state index contributed by atoms with van der Waals surface area (Å²) in [7, 11) is 1.61. The SMILES string of the molecule is COc1cccc2sc(NC(=O)c3c(C)nc4ccccn34)nc12. The summed E-state index contributed by atoms with van der Waals surface area (Å²) < 4.78 is 8.05. The molecule has 0 saturated carbocycles. The van der Waals surface area contributed by atoms with Gasteiger partial charge in [-0.3, -0.25) is 14.5 Å². The molecule has 0 aliphatic carbocycles. The second kappa shape index (κ2) is 5.61. The molecule has 24 heavy (non-hydrogen) atoms. The third-order valence-electron chi connectivity index (χ3n) is 3.74. The van der Waals surface area contributed by atoms with E-state index >= 15 is 0 Å². The Balaban J connectivity index is 1.72. The molecule has 4 rings (SSSR count). The van der Waals surface area contributed by atoms with Crippen molar-refractivity contribution in [2.24, 2.45) is 0 Å². The lowest BCUT2D eigenvalue weighted by Gasteiger charge is -2.02. The molecule has 0 fully saturated rings. The number of ether oxygens (including phenoxy) is 1. The number of rotatable bonds is 3. The molecule has 0 saturated heterocycles. The molecule has 6 nitrogen and oxygen atoms in total. The fourth-order valence-electron chi connectivity index (χ4n) is 2.68. The zero-order chi connectivity index (χ0) is 16.7. The van der Waals surface area contributed by atoms with E-state index in [1.165, 1.54) is 11.3 Å². The number of para-hydroxylation sites is 1. The molecule has 1 amide bonds. The average Bonchev–Trinajstić information content (AvgIpc) is 3.13. The van der Waals surface area contributed by atoms with Crippen molar-refractivity contribution >= 4 is 38.2 Å². The van der Waals surface area contributed by atoms with Gasteiger partial charge < -0.3 is 4.74 Å². The first-order valence-corrected chi connectivity index (χ1v) is 8.17. The maximum atomic E-state index is 12.7. The van der Waals surface area contributed by atoms with Crippen LogP contribution in [-0.2, 0) is 0 Å². The van der Waals surface area contributed by atoms with Gasteiger partial charge in [0.05, 0.1) is 17.5 Å². The van der Waals surface area contributed by atoms with Gasteiger partial charge in [-0.05, 0) is 31.2 Å². The van der Waals surface area contributed by atoms with Crippen molar-refractivity contribution in [2.75, 3.05) is 12.4 Å². The van der Waals surface area contributed by atoms with E-state index in [1.807, 2.05) is 49.5 Å². The van der Waals surface area contributed by atoms with Crippen molar-refractivity contribution in [3.8, 4) is 5.75 Å². The van der Waals surface area contributed by atoms with Gasteiger partial charge in [0, 0.05) is 6.20 Å². The van der Waals surface area contributed by atoms with E-state index in [0.29, 0.717) is 22.3 Å². The van der Waals surface area contributed by atoms with Gasteiger partial charge >= 0.3 is 0 Å². The van der Waals surface area contributed by atoms with Gasteiger partial charge in [0.25, 0.3) is 5.91 Å². The molecule has 4 aromatic rings.